The van der Waals surface area contributed by atoms with Gasteiger partial charge in [0.15, 0.2) is 0 Å². The fourth-order valence-electron chi connectivity index (χ4n) is 2.89. The van der Waals surface area contributed by atoms with Crippen molar-refractivity contribution >= 4 is 16.9 Å². The molecule has 1 aliphatic carbocycles. The van der Waals surface area contributed by atoms with E-state index in [-0.39, 0.29) is 11.9 Å². The molecule has 1 aromatic heterocycles. The summed E-state index contributed by atoms with van der Waals surface area (Å²) in [6, 6.07) is 5.71. The second-order valence-corrected chi connectivity index (χ2v) is 6.04. The molecule has 3 rings (SSSR count). The summed E-state index contributed by atoms with van der Waals surface area (Å²) in [5, 5.41) is 3.08. The quantitative estimate of drug-likeness (QED) is 0.946. The molecule has 1 N–H and O–H groups in total. The Morgan fingerprint density at radius 2 is 2.00 bits per heavy atom. The summed E-state index contributed by atoms with van der Waals surface area (Å²) in [4.78, 5) is 21.0. The highest BCUT2D eigenvalue weighted by atomic mass is 16.5. The standard InChI is InChI=1S/C17H21N3O2/c1-11-3-5-12(6-4-11)19-17(21)16-10-18-15-9-13(22-2)7-8-14(15)20-16/h7-12H,3-6H2,1-2H3,(H,19,21). The van der Waals surface area contributed by atoms with Gasteiger partial charge < -0.3 is 10.1 Å². The molecule has 0 saturated heterocycles. The number of ether oxygens (including phenoxy) is 1. The number of fused-ring (bicyclic) bond motifs is 1. The van der Waals surface area contributed by atoms with Crippen molar-refractivity contribution in [2.24, 2.45) is 5.92 Å². The molecule has 0 bridgehead atoms. The predicted octanol–water partition coefficient (Wildman–Crippen LogP) is 2.95. The van der Waals surface area contributed by atoms with E-state index in [2.05, 4.69) is 22.2 Å². The van der Waals surface area contributed by atoms with Crippen LogP contribution in [0, 0.1) is 5.92 Å². The maximum absolute atomic E-state index is 12.3. The molecule has 116 valence electrons. The van der Waals surface area contributed by atoms with E-state index in [0.29, 0.717) is 11.2 Å². The molecule has 0 radical (unpaired) electrons. The van der Waals surface area contributed by atoms with Crippen LogP contribution in [0.4, 0.5) is 0 Å². The molecular formula is C17H21N3O2. The van der Waals surface area contributed by atoms with Gasteiger partial charge in [0.2, 0.25) is 0 Å². The minimum Gasteiger partial charge on any atom is -0.497 e. The topological polar surface area (TPSA) is 64.1 Å². The van der Waals surface area contributed by atoms with Crippen molar-refractivity contribution < 1.29 is 9.53 Å². The number of rotatable bonds is 3. The van der Waals surface area contributed by atoms with Crippen LogP contribution in [0.25, 0.3) is 11.0 Å². The van der Waals surface area contributed by atoms with Crippen LogP contribution in [0.15, 0.2) is 24.4 Å². The number of carbonyl (C=O) groups excluding carboxylic acids is 1. The zero-order valence-electron chi connectivity index (χ0n) is 13.0. The Hall–Kier alpha value is -2.17. The van der Waals surface area contributed by atoms with Crippen molar-refractivity contribution in [1.82, 2.24) is 15.3 Å². The molecule has 1 fully saturated rings. The molecule has 2 aromatic rings. The molecule has 0 aliphatic heterocycles. The molecule has 22 heavy (non-hydrogen) atoms. The summed E-state index contributed by atoms with van der Waals surface area (Å²) >= 11 is 0. The van der Waals surface area contributed by atoms with E-state index in [0.717, 1.165) is 30.0 Å². The number of nitrogens with zero attached hydrogens (tertiary/aromatic N) is 2. The maximum Gasteiger partial charge on any atom is 0.271 e. The van der Waals surface area contributed by atoms with Crippen molar-refractivity contribution in [1.29, 1.82) is 0 Å². The normalized spacial score (nSPS) is 21.5. The first-order chi connectivity index (χ1) is 10.7. The molecule has 1 amide bonds. The van der Waals surface area contributed by atoms with Gasteiger partial charge >= 0.3 is 0 Å². The lowest BCUT2D eigenvalue weighted by molar-refractivity contribution is 0.0918. The molecule has 0 atom stereocenters. The first kappa shape index (κ1) is 14.8. The van der Waals surface area contributed by atoms with E-state index in [1.165, 1.54) is 19.0 Å². The summed E-state index contributed by atoms with van der Waals surface area (Å²) in [7, 11) is 1.61. The van der Waals surface area contributed by atoms with E-state index in [4.69, 9.17) is 4.74 Å². The van der Waals surface area contributed by atoms with Crippen molar-refractivity contribution in [3.8, 4) is 5.75 Å². The number of benzene rings is 1. The Morgan fingerprint density at radius 1 is 1.23 bits per heavy atom. The number of aromatic nitrogens is 2. The van der Waals surface area contributed by atoms with Crippen LogP contribution in [0.5, 0.6) is 5.75 Å². The third kappa shape index (κ3) is 3.18. The van der Waals surface area contributed by atoms with Gasteiger partial charge in [-0.05, 0) is 43.7 Å². The lowest BCUT2D eigenvalue weighted by atomic mass is 9.87. The minimum atomic E-state index is -0.134. The lowest BCUT2D eigenvalue weighted by Crippen LogP contribution is -2.37. The van der Waals surface area contributed by atoms with Gasteiger partial charge in [-0.15, -0.1) is 0 Å². The van der Waals surface area contributed by atoms with E-state index >= 15 is 0 Å². The smallest absolute Gasteiger partial charge is 0.271 e. The van der Waals surface area contributed by atoms with Crippen molar-refractivity contribution in [3.63, 3.8) is 0 Å². The van der Waals surface area contributed by atoms with Gasteiger partial charge in [0, 0.05) is 12.1 Å². The van der Waals surface area contributed by atoms with Crippen LogP contribution in [-0.2, 0) is 0 Å². The van der Waals surface area contributed by atoms with E-state index in [1.807, 2.05) is 18.2 Å². The number of amides is 1. The lowest BCUT2D eigenvalue weighted by Gasteiger charge is -2.26. The van der Waals surface area contributed by atoms with Crippen molar-refractivity contribution in [2.45, 2.75) is 38.6 Å². The highest BCUT2D eigenvalue weighted by molar-refractivity contribution is 5.94. The van der Waals surface area contributed by atoms with Gasteiger partial charge in [-0.1, -0.05) is 6.92 Å². The van der Waals surface area contributed by atoms with Gasteiger partial charge in [-0.3, -0.25) is 9.78 Å². The number of carbonyl (C=O) groups is 1. The van der Waals surface area contributed by atoms with E-state index < -0.39 is 0 Å². The summed E-state index contributed by atoms with van der Waals surface area (Å²) in [6.45, 7) is 2.27. The largest absolute Gasteiger partial charge is 0.497 e. The number of methoxy groups -OCH3 is 1. The summed E-state index contributed by atoms with van der Waals surface area (Å²) < 4.78 is 5.16. The third-order valence-corrected chi connectivity index (χ3v) is 4.33. The van der Waals surface area contributed by atoms with Gasteiger partial charge in [0.1, 0.15) is 11.4 Å². The van der Waals surface area contributed by atoms with Crippen LogP contribution >= 0.6 is 0 Å². The Balaban J connectivity index is 1.73. The predicted molar refractivity (Wildman–Crippen MR) is 85.0 cm³/mol. The van der Waals surface area contributed by atoms with Gasteiger partial charge in [0.25, 0.3) is 5.91 Å². The molecule has 1 aromatic carbocycles. The highest BCUT2D eigenvalue weighted by Crippen LogP contribution is 2.23. The maximum atomic E-state index is 12.3. The second-order valence-electron chi connectivity index (χ2n) is 6.04. The molecule has 0 unspecified atom stereocenters. The average Bonchev–Trinajstić information content (AvgIpc) is 2.56. The fraction of sp³-hybridized carbons (Fsp3) is 0.471. The van der Waals surface area contributed by atoms with E-state index in [9.17, 15) is 4.79 Å². The highest BCUT2D eigenvalue weighted by Gasteiger charge is 2.21. The first-order valence-electron chi connectivity index (χ1n) is 7.77. The number of nitrogens with one attached hydrogen (secondary N) is 1. The molecule has 5 heteroatoms. The van der Waals surface area contributed by atoms with Crippen LogP contribution in [0.3, 0.4) is 0 Å². The van der Waals surface area contributed by atoms with Crippen LogP contribution in [0.2, 0.25) is 0 Å². The fourth-order valence-corrected chi connectivity index (χ4v) is 2.89. The molecular weight excluding hydrogens is 278 g/mol. The zero-order chi connectivity index (χ0) is 15.5. The van der Waals surface area contributed by atoms with Gasteiger partial charge in [-0.25, -0.2) is 4.98 Å². The Labute approximate surface area is 130 Å². The first-order valence-corrected chi connectivity index (χ1v) is 7.77. The summed E-state index contributed by atoms with van der Waals surface area (Å²) in [5.41, 5.74) is 1.80. The number of hydrogen-bond acceptors (Lipinski definition) is 4. The van der Waals surface area contributed by atoms with Crippen LogP contribution < -0.4 is 10.1 Å². The molecule has 1 heterocycles. The Kier molecular flexibility index (Phi) is 4.22. The van der Waals surface area contributed by atoms with Crippen molar-refractivity contribution in [2.75, 3.05) is 7.11 Å². The van der Waals surface area contributed by atoms with Gasteiger partial charge in [-0.2, -0.15) is 0 Å². The second kappa shape index (κ2) is 6.30. The van der Waals surface area contributed by atoms with Gasteiger partial charge in [0.05, 0.1) is 24.3 Å². The Morgan fingerprint density at radius 3 is 2.73 bits per heavy atom. The zero-order valence-corrected chi connectivity index (χ0v) is 13.0. The molecule has 5 nitrogen and oxygen atoms in total. The summed E-state index contributed by atoms with van der Waals surface area (Å²) in [6.07, 6.45) is 5.97. The molecule has 1 saturated carbocycles. The van der Waals surface area contributed by atoms with Crippen LogP contribution in [0.1, 0.15) is 43.1 Å². The third-order valence-electron chi connectivity index (χ3n) is 4.33. The van der Waals surface area contributed by atoms with Crippen molar-refractivity contribution in [3.05, 3.63) is 30.1 Å². The molecule has 0 spiro atoms. The average molecular weight is 299 g/mol. The Bertz CT molecular complexity index is 679. The SMILES string of the molecule is COc1ccc2nc(C(=O)NC3CCC(C)CC3)cnc2c1. The summed E-state index contributed by atoms with van der Waals surface area (Å²) in [5.74, 6) is 1.36. The van der Waals surface area contributed by atoms with E-state index in [1.54, 1.807) is 7.11 Å². The van der Waals surface area contributed by atoms with Crippen LogP contribution in [-0.4, -0.2) is 29.0 Å². The minimum absolute atomic E-state index is 0.134. The molecule has 1 aliphatic rings. The number of hydrogen-bond donors (Lipinski definition) is 1. The monoisotopic (exact) mass is 299 g/mol.